The van der Waals surface area contributed by atoms with Crippen LogP contribution in [0.25, 0.3) is 17.1 Å². The first-order chi connectivity index (χ1) is 14.2. The van der Waals surface area contributed by atoms with Crippen LogP contribution in [0.4, 0.5) is 0 Å². The van der Waals surface area contributed by atoms with Gasteiger partial charge >= 0.3 is 0 Å². The van der Waals surface area contributed by atoms with Gasteiger partial charge < -0.3 is 4.74 Å². The molecule has 3 aromatic heterocycles. The van der Waals surface area contributed by atoms with Crippen molar-refractivity contribution in [1.29, 1.82) is 0 Å². The molecule has 0 saturated heterocycles. The standard InChI is InChI=1S/C20H20N6OS2/c1-4-27-17-9-7-16(8-10-17)26-18(15-6-5-11-21-12-15)23-25-20(26)28-13(2)19-24-22-14(3)29-19/h5-13H,4H2,1-3H3. The van der Waals surface area contributed by atoms with Gasteiger partial charge in [0.1, 0.15) is 15.8 Å². The van der Waals surface area contributed by atoms with E-state index in [0.29, 0.717) is 6.61 Å². The molecule has 1 atom stereocenters. The Morgan fingerprint density at radius 2 is 1.93 bits per heavy atom. The predicted octanol–water partition coefficient (Wildman–Crippen LogP) is 4.74. The Hall–Kier alpha value is -2.78. The average molecular weight is 425 g/mol. The highest BCUT2D eigenvalue weighted by Gasteiger charge is 2.21. The summed E-state index contributed by atoms with van der Waals surface area (Å²) in [7, 11) is 0. The van der Waals surface area contributed by atoms with Crippen LogP contribution in [-0.4, -0.2) is 36.6 Å². The van der Waals surface area contributed by atoms with Gasteiger partial charge in [-0.15, -0.1) is 31.7 Å². The van der Waals surface area contributed by atoms with Gasteiger partial charge in [-0.25, -0.2) is 0 Å². The number of ether oxygens (including phenoxy) is 1. The van der Waals surface area contributed by atoms with Crippen LogP contribution in [-0.2, 0) is 0 Å². The van der Waals surface area contributed by atoms with E-state index in [-0.39, 0.29) is 5.25 Å². The summed E-state index contributed by atoms with van der Waals surface area (Å²) in [5.74, 6) is 1.57. The van der Waals surface area contributed by atoms with Gasteiger partial charge in [-0.1, -0.05) is 11.8 Å². The van der Waals surface area contributed by atoms with Crippen LogP contribution in [0.5, 0.6) is 5.75 Å². The summed E-state index contributed by atoms with van der Waals surface area (Å²) >= 11 is 3.21. The third-order valence-corrected chi connectivity index (χ3v) is 6.35. The Kier molecular flexibility index (Phi) is 5.86. The van der Waals surface area contributed by atoms with E-state index >= 15 is 0 Å². The van der Waals surface area contributed by atoms with Gasteiger partial charge in [0.25, 0.3) is 0 Å². The third kappa shape index (κ3) is 4.30. The van der Waals surface area contributed by atoms with E-state index in [1.165, 1.54) is 0 Å². The second-order valence-corrected chi connectivity index (χ2v) is 8.75. The van der Waals surface area contributed by atoms with Crippen molar-refractivity contribution in [3.8, 4) is 22.8 Å². The van der Waals surface area contributed by atoms with Crippen LogP contribution in [0.3, 0.4) is 0 Å². The quantitative estimate of drug-likeness (QED) is 0.396. The molecule has 29 heavy (non-hydrogen) atoms. The van der Waals surface area contributed by atoms with Gasteiger partial charge in [0.15, 0.2) is 11.0 Å². The van der Waals surface area contributed by atoms with Gasteiger partial charge in [0, 0.05) is 23.6 Å². The fourth-order valence-corrected chi connectivity index (χ4v) is 4.57. The van der Waals surface area contributed by atoms with Gasteiger partial charge in [-0.2, -0.15) is 0 Å². The summed E-state index contributed by atoms with van der Waals surface area (Å²) < 4.78 is 7.62. The van der Waals surface area contributed by atoms with E-state index in [9.17, 15) is 0 Å². The molecular formula is C20H20N6OS2. The fourth-order valence-electron chi connectivity index (χ4n) is 2.80. The van der Waals surface area contributed by atoms with Crippen molar-refractivity contribution >= 4 is 23.1 Å². The van der Waals surface area contributed by atoms with Gasteiger partial charge in [-0.3, -0.25) is 9.55 Å². The molecule has 0 aliphatic rings. The van der Waals surface area contributed by atoms with Crippen LogP contribution in [0.15, 0.2) is 53.9 Å². The van der Waals surface area contributed by atoms with Crippen LogP contribution in [0.1, 0.15) is 29.1 Å². The maximum Gasteiger partial charge on any atom is 0.196 e. The molecule has 0 bridgehead atoms. The zero-order chi connectivity index (χ0) is 20.2. The number of hydrogen-bond donors (Lipinski definition) is 0. The average Bonchev–Trinajstić information content (AvgIpc) is 3.36. The lowest BCUT2D eigenvalue weighted by atomic mass is 10.2. The van der Waals surface area contributed by atoms with E-state index in [4.69, 9.17) is 4.74 Å². The van der Waals surface area contributed by atoms with Crippen molar-refractivity contribution < 1.29 is 4.74 Å². The minimum absolute atomic E-state index is 0.105. The SMILES string of the molecule is CCOc1ccc(-n2c(SC(C)c3nnc(C)s3)nnc2-c2cccnc2)cc1. The fraction of sp³-hybridized carbons (Fsp3) is 0.250. The second-order valence-electron chi connectivity index (χ2n) is 6.23. The molecule has 0 amide bonds. The molecule has 1 unspecified atom stereocenters. The maximum atomic E-state index is 5.58. The number of hydrogen-bond acceptors (Lipinski definition) is 8. The van der Waals surface area contributed by atoms with Crippen LogP contribution < -0.4 is 4.74 Å². The van der Waals surface area contributed by atoms with E-state index in [1.807, 2.05) is 54.8 Å². The van der Waals surface area contributed by atoms with Crippen molar-refractivity contribution in [3.63, 3.8) is 0 Å². The molecule has 148 valence electrons. The van der Waals surface area contributed by atoms with Gasteiger partial charge in [-0.05, 0) is 57.2 Å². The summed E-state index contributed by atoms with van der Waals surface area (Å²) in [5, 5.41) is 20.2. The Morgan fingerprint density at radius 3 is 2.59 bits per heavy atom. The zero-order valence-corrected chi connectivity index (χ0v) is 17.9. The van der Waals surface area contributed by atoms with E-state index < -0.39 is 0 Å². The Labute approximate surface area is 177 Å². The molecule has 0 N–H and O–H groups in total. The summed E-state index contributed by atoms with van der Waals surface area (Å²) in [6.45, 7) is 6.67. The Morgan fingerprint density at radius 1 is 1.10 bits per heavy atom. The number of pyridine rings is 1. The summed E-state index contributed by atoms with van der Waals surface area (Å²) in [6, 6.07) is 11.8. The molecule has 1 aromatic carbocycles. The number of aryl methyl sites for hydroxylation is 1. The van der Waals surface area contributed by atoms with E-state index in [0.717, 1.165) is 38.0 Å². The van der Waals surface area contributed by atoms with Gasteiger partial charge in [0.05, 0.1) is 11.9 Å². The Bertz CT molecular complexity index is 1080. The number of benzene rings is 1. The van der Waals surface area contributed by atoms with Crippen LogP contribution >= 0.6 is 23.1 Å². The largest absolute Gasteiger partial charge is 0.494 e. The number of aromatic nitrogens is 6. The zero-order valence-electron chi connectivity index (χ0n) is 16.3. The predicted molar refractivity (Wildman–Crippen MR) is 115 cm³/mol. The summed E-state index contributed by atoms with van der Waals surface area (Å²) in [5.41, 5.74) is 1.86. The van der Waals surface area contributed by atoms with Crippen molar-refractivity contribution in [2.24, 2.45) is 0 Å². The highest BCUT2D eigenvalue weighted by Crippen LogP contribution is 2.37. The molecule has 0 saturated carbocycles. The Balaban J connectivity index is 1.74. The molecule has 3 heterocycles. The smallest absolute Gasteiger partial charge is 0.196 e. The minimum Gasteiger partial charge on any atom is -0.494 e. The van der Waals surface area contributed by atoms with Crippen LogP contribution in [0, 0.1) is 6.92 Å². The second kappa shape index (κ2) is 8.71. The first-order valence-electron chi connectivity index (χ1n) is 9.21. The number of rotatable bonds is 7. The van der Waals surface area contributed by atoms with E-state index in [2.05, 4.69) is 32.3 Å². The van der Waals surface area contributed by atoms with Gasteiger partial charge in [0.2, 0.25) is 0 Å². The van der Waals surface area contributed by atoms with E-state index in [1.54, 1.807) is 35.5 Å². The first-order valence-corrected chi connectivity index (χ1v) is 10.9. The topological polar surface area (TPSA) is 78.6 Å². The molecule has 0 spiro atoms. The summed E-state index contributed by atoms with van der Waals surface area (Å²) in [4.78, 5) is 4.23. The molecule has 0 fully saturated rings. The normalized spacial score (nSPS) is 12.1. The molecule has 9 heteroatoms. The monoisotopic (exact) mass is 424 g/mol. The first kappa shape index (κ1) is 19.5. The van der Waals surface area contributed by atoms with Crippen molar-refractivity contribution in [1.82, 2.24) is 29.9 Å². The third-order valence-electron chi connectivity index (χ3n) is 4.13. The van der Waals surface area contributed by atoms with Crippen molar-refractivity contribution in [2.45, 2.75) is 31.2 Å². The summed E-state index contributed by atoms with van der Waals surface area (Å²) in [6.07, 6.45) is 3.54. The minimum atomic E-state index is 0.105. The molecule has 4 aromatic rings. The maximum absolute atomic E-state index is 5.58. The highest BCUT2D eigenvalue weighted by molar-refractivity contribution is 7.99. The van der Waals surface area contributed by atoms with Crippen molar-refractivity contribution in [3.05, 3.63) is 58.8 Å². The lowest BCUT2D eigenvalue weighted by Gasteiger charge is -2.13. The van der Waals surface area contributed by atoms with Crippen LogP contribution in [0.2, 0.25) is 0 Å². The molecular weight excluding hydrogens is 404 g/mol. The molecule has 0 radical (unpaired) electrons. The number of nitrogens with zero attached hydrogens (tertiary/aromatic N) is 6. The molecule has 0 aliphatic heterocycles. The molecule has 0 aliphatic carbocycles. The van der Waals surface area contributed by atoms with Crippen molar-refractivity contribution in [2.75, 3.05) is 6.61 Å². The number of thioether (sulfide) groups is 1. The molecule has 4 rings (SSSR count). The lowest BCUT2D eigenvalue weighted by molar-refractivity contribution is 0.340. The highest BCUT2D eigenvalue weighted by atomic mass is 32.2. The molecule has 7 nitrogen and oxygen atoms in total. The lowest BCUT2D eigenvalue weighted by Crippen LogP contribution is -2.01.